The highest BCUT2D eigenvalue weighted by atomic mass is 15.2. The summed E-state index contributed by atoms with van der Waals surface area (Å²) >= 11 is 0. The van der Waals surface area contributed by atoms with Gasteiger partial charge >= 0.3 is 0 Å². The van der Waals surface area contributed by atoms with Crippen molar-refractivity contribution in [3.63, 3.8) is 0 Å². The van der Waals surface area contributed by atoms with Crippen LogP contribution in [0.15, 0.2) is 18.3 Å². The second-order valence-corrected chi connectivity index (χ2v) is 4.43. The summed E-state index contributed by atoms with van der Waals surface area (Å²) in [6.45, 7) is 2.00. The molecule has 3 heteroatoms. The first-order chi connectivity index (χ1) is 7.18. The van der Waals surface area contributed by atoms with Crippen LogP contribution in [0.25, 0.3) is 0 Å². The van der Waals surface area contributed by atoms with Gasteiger partial charge in [0.1, 0.15) is 5.82 Å². The van der Waals surface area contributed by atoms with Crippen LogP contribution in [0.3, 0.4) is 0 Å². The molecule has 1 fully saturated rings. The van der Waals surface area contributed by atoms with Gasteiger partial charge in [-0.3, -0.25) is 0 Å². The lowest BCUT2D eigenvalue weighted by Crippen LogP contribution is -2.37. The predicted octanol–water partition coefficient (Wildman–Crippen LogP) is 2.09. The summed E-state index contributed by atoms with van der Waals surface area (Å²) in [5, 5.41) is 0. The second-order valence-electron chi connectivity index (χ2n) is 4.43. The molecule has 1 atom stereocenters. The van der Waals surface area contributed by atoms with Crippen LogP contribution in [0.5, 0.6) is 0 Å². The maximum absolute atomic E-state index is 5.86. The van der Waals surface area contributed by atoms with Crippen molar-refractivity contribution in [3.8, 4) is 0 Å². The van der Waals surface area contributed by atoms with Gasteiger partial charge in [0.15, 0.2) is 0 Å². The van der Waals surface area contributed by atoms with E-state index < -0.39 is 0 Å². The number of anilines is 1. The number of nitrogens with zero attached hydrogens (tertiary/aromatic N) is 2. The van der Waals surface area contributed by atoms with Crippen LogP contribution in [0.4, 0.5) is 5.82 Å². The quantitative estimate of drug-likeness (QED) is 0.821. The van der Waals surface area contributed by atoms with Crippen LogP contribution in [0.1, 0.15) is 37.8 Å². The summed E-state index contributed by atoms with van der Waals surface area (Å²) in [6.07, 6.45) is 5.78. The van der Waals surface area contributed by atoms with E-state index in [-0.39, 0.29) is 6.04 Å². The van der Waals surface area contributed by atoms with E-state index in [9.17, 15) is 0 Å². The molecular weight excluding hydrogens is 186 g/mol. The van der Waals surface area contributed by atoms with Crippen molar-refractivity contribution < 1.29 is 0 Å². The van der Waals surface area contributed by atoms with Crippen molar-refractivity contribution in [2.24, 2.45) is 5.73 Å². The molecule has 1 saturated carbocycles. The second kappa shape index (κ2) is 4.19. The zero-order valence-corrected chi connectivity index (χ0v) is 9.48. The summed E-state index contributed by atoms with van der Waals surface area (Å²) in [5.74, 6) is 1.05. The zero-order chi connectivity index (χ0) is 10.8. The molecule has 15 heavy (non-hydrogen) atoms. The first-order valence-corrected chi connectivity index (χ1v) is 5.63. The van der Waals surface area contributed by atoms with Crippen molar-refractivity contribution in [1.82, 2.24) is 4.98 Å². The van der Waals surface area contributed by atoms with Crippen LogP contribution >= 0.6 is 0 Å². The van der Waals surface area contributed by atoms with Crippen molar-refractivity contribution in [2.45, 2.75) is 38.3 Å². The lowest BCUT2D eigenvalue weighted by atomic mass is 9.92. The minimum Gasteiger partial charge on any atom is -0.357 e. The summed E-state index contributed by atoms with van der Waals surface area (Å²) in [6, 6.07) is 4.86. The maximum Gasteiger partial charge on any atom is 0.128 e. The number of nitrogens with two attached hydrogens (primary N) is 1. The lowest BCUT2D eigenvalue weighted by molar-refractivity contribution is 0.399. The fourth-order valence-corrected chi connectivity index (χ4v) is 1.87. The van der Waals surface area contributed by atoms with E-state index in [1.54, 1.807) is 0 Å². The van der Waals surface area contributed by atoms with E-state index >= 15 is 0 Å². The van der Waals surface area contributed by atoms with Crippen LogP contribution in [-0.4, -0.2) is 18.1 Å². The Bertz CT molecular complexity index is 331. The Morgan fingerprint density at radius 3 is 2.80 bits per heavy atom. The Kier molecular flexibility index (Phi) is 2.91. The third-order valence-electron chi connectivity index (χ3n) is 3.28. The largest absolute Gasteiger partial charge is 0.357 e. The van der Waals surface area contributed by atoms with Gasteiger partial charge in [0.25, 0.3) is 0 Å². The summed E-state index contributed by atoms with van der Waals surface area (Å²) in [4.78, 5) is 6.67. The van der Waals surface area contributed by atoms with Crippen molar-refractivity contribution in [3.05, 3.63) is 23.9 Å². The SMILES string of the molecule is C[C@H](N)c1ccnc(N(C)C2CCC2)c1. The molecule has 0 saturated heterocycles. The van der Waals surface area contributed by atoms with Crippen molar-refractivity contribution in [2.75, 3.05) is 11.9 Å². The molecule has 82 valence electrons. The smallest absolute Gasteiger partial charge is 0.128 e. The number of pyridine rings is 1. The minimum atomic E-state index is 0.0848. The van der Waals surface area contributed by atoms with Crippen molar-refractivity contribution in [1.29, 1.82) is 0 Å². The molecule has 0 unspecified atom stereocenters. The van der Waals surface area contributed by atoms with Crippen LogP contribution in [0.2, 0.25) is 0 Å². The molecule has 1 aromatic heterocycles. The molecule has 3 nitrogen and oxygen atoms in total. The normalized spacial score (nSPS) is 18.3. The topological polar surface area (TPSA) is 42.1 Å². The molecule has 0 amide bonds. The van der Waals surface area contributed by atoms with Crippen molar-refractivity contribution >= 4 is 5.82 Å². The molecule has 1 aromatic rings. The Morgan fingerprint density at radius 2 is 2.27 bits per heavy atom. The maximum atomic E-state index is 5.86. The molecule has 2 N–H and O–H groups in total. The van der Waals surface area contributed by atoms with Gasteiger partial charge in [-0.1, -0.05) is 0 Å². The average molecular weight is 205 g/mol. The van der Waals surface area contributed by atoms with E-state index in [4.69, 9.17) is 5.73 Å². The predicted molar refractivity (Wildman–Crippen MR) is 62.9 cm³/mol. The van der Waals surface area contributed by atoms with Gasteiger partial charge in [0, 0.05) is 25.3 Å². The molecule has 1 aliphatic carbocycles. The van der Waals surface area contributed by atoms with Gasteiger partial charge < -0.3 is 10.6 Å². The molecule has 0 radical (unpaired) electrons. The van der Waals surface area contributed by atoms with E-state index in [2.05, 4.69) is 23.0 Å². The van der Waals surface area contributed by atoms with Gasteiger partial charge in [0.05, 0.1) is 0 Å². The Labute approximate surface area is 91.3 Å². The molecule has 0 bridgehead atoms. The molecule has 0 spiro atoms. The Balaban J connectivity index is 2.16. The Morgan fingerprint density at radius 1 is 1.53 bits per heavy atom. The van der Waals surface area contributed by atoms with E-state index in [1.807, 2.05) is 19.2 Å². The molecule has 0 aromatic carbocycles. The summed E-state index contributed by atoms with van der Waals surface area (Å²) in [5.41, 5.74) is 7.02. The number of hydrogen-bond acceptors (Lipinski definition) is 3. The molecule has 1 aliphatic rings. The fraction of sp³-hybridized carbons (Fsp3) is 0.583. The third-order valence-corrected chi connectivity index (χ3v) is 3.28. The zero-order valence-electron chi connectivity index (χ0n) is 9.48. The summed E-state index contributed by atoms with van der Waals surface area (Å²) < 4.78 is 0. The fourth-order valence-electron chi connectivity index (χ4n) is 1.87. The van der Waals surface area contributed by atoms with E-state index in [0.717, 1.165) is 11.4 Å². The Hall–Kier alpha value is -1.09. The van der Waals surface area contributed by atoms with E-state index in [1.165, 1.54) is 19.3 Å². The summed E-state index contributed by atoms with van der Waals surface area (Å²) in [7, 11) is 2.12. The average Bonchev–Trinajstić information content (AvgIpc) is 2.15. The van der Waals surface area contributed by atoms with Gasteiger partial charge in [0.2, 0.25) is 0 Å². The lowest BCUT2D eigenvalue weighted by Gasteiger charge is -2.35. The van der Waals surface area contributed by atoms with Crippen LogP contribution in [-0.2, 0) is 0 Å². The third kappa shape index (κ3) is 2.12. The number of rotatable bonds is 3. The van der Waals surface area contributed by atoms with Crippen LogP contribution < -0.4 is 10.6 Å². The molecule has 2 rings (SSSR count). The first-order valence-electron chi connectivity index (χ1n) is 5.63. The monoisotopic (exact) mass is 205 g/mol. The van der Waals surface area contributed by atoms with Gasteiger partial charge in [-0.05, 0) is 43.9 Å². The minimum absolute atomic E-state index is 0.0848. The van der Waals surface area contributed by atoms with Gasteiger partial charge in [-0.25, -0.2) is 4.98 Å². The standard InChI is InChI=1S/C12H19N3/c1-9(13)10-6-7-14-12(8-10)15(2)11-4-3-5-11/h6-9,11H,3-5,13H2,1-2H3/t9-/m0/s1. The van der Waals surface area contributed by atoms with Gasteiger partial charge in [-0.15, -0.1) is 0 Å². The first kappa shape index (κ1) is 10.4. The van der Waals surface area contributed by atoms with Crippen LogP contribution in [0, 0.1) is 0 Å². The van der Waals surface area contributed by atoms with Gasteiger partial charge in [-0.2, -0.15) is 0 Å². The van der Waals surface area contributed by atoms with E-state index in [0.29, 0.717) is 6.04 Å². The highest BCUT2D eigenvalue weighted by Gasteiger charge is 2.23. The highest BCUT2D eigenvalue weighted by molar-refractivity contribution is 5.42. The highest BCUT2D eigenvalue weighted by Crippen LogP contribution is 2.27. The number of aromatic nitrogens is 1. The number of hydrogen-bond donors (Lipinski definition) is 1. The molecule has 1 heterocycles. The molecular formula is C12H19N3. The molecule has 0 aliphatic heterocycles.